The second kappa shape index (κ2) is 7.58. The van der Waals surface area contributed by atoms with E-state index in [1.54, 1.807) is 11.3 Å². The molecule has 27 heavy (non-hydrogen) atoms. The molecule has 2 heterocycles. The molecule has 1 aliphatic rings. The maximum Gasteiger partial charge on any atom is 0.355 e. The third-order valence-corrected chi connectivity index (χ3v) is 6.60. The molecule has 1 aromatic carbocycles. The lowest BCUT2D eigenvalue weighted by Gasteiger charge is -2.25. The van der Waals surface area contributed by atoms with Crippen molar-refractivity contribution < 1.29 is 14.7 Å². The molecule has 4 rings (SSSR count). The number of amides is 1. The van der Waals surface area contributed by atoms with Crippen molar-refractivity contribution in [1.29, 1.82) is 0 Å². The largest absolute Gasteiger partial charge is 0.476 e. The molecular weight excluding hydrogens is 382 g/mol. The predicted octanol–water partition coefficient (Wildman–Crippen LogP) is 3.82. The Balaban J connectivity index is 1.48. The van der Waals surface area contributed by atoms with Crippen LogP contribution in [0, 0.1) is 5.92 Å². The lowest BCUT2D eigenvalue weighted by molar-refractivity contribution is -0.125. The van der Waals surface area contributed by atoms with E-state index in [2.05, 4.69) is 16.4 Å². The Morgan fingerprint density at radius 3 is 2.78 bits per heavy atom. The number of allylic oxidation sites excluding steroid dienone is 2. The maximum atomic E-state index is 12.8. The minimum Gasteiger partial charge on any atom is -0.476 e. The van der Waals surface area contributed by atoms with Gasteiger partial charge in [0, 0.05) is 11.3 Å². The summed E-state index contributed by atoms with van der Waals surface area (Å²) in [5.41, 5.74) is 0.979. The number of hydrogen-bond donors (Lipinski definition) is 2. The van der Waals surface area contributed by atoms with E-state index in [-0.39, 0.29) is 30.0 Å². The Morgan fingerprint density at radius 1 is 1.19 bits per heavy atom. The first-order valence-electron chi connectivity index (χ1n) is 8.57. The van der Waals surface area contributed by atoms with Gasteiger partial charge >= 0.3 is 5.97 Å². The summed E-state index contributed by atoms with van der Waals surface area (Å²) < 4.78 is 1.13. The molecule has 0 fully saturated rings. The lowest BCUT2D eigenvalue weighted by Crippen LogP contribution is -2.34. The minimum atomic E-state index is -1.06. The summed E-state index contributed by atoms with van der Waals surface area (Å²) >= 11 is 2.88. The van der Waals surface area contributed by atoms with Gasteiger partial charge in [-0.05, 0) is 25.0 Å². The number of thiazole rings is 2. The van der Waals surface area contributed by atoms with Crippen LogP contribution in [0.3, 0.4) is 0 Å². The average Bonchev–Trinajstić information content (AvgIpc) is 3.33. The number of fused-ring (bicyclic) bond motifs is 1. The summed E-state index contributed by atoms with van der Waals surface area (Å²) in [5, 5.41) is 14.9. The molecule has 2 N–H and O–H groups in total. The van der Waals surface area contributed by atoms with E-state index >= 15 is 0 Å². The number of hydrogen-bond acceptors (Lipinski definition) is 6. The van der Waals surface area contributed by atoms with Gasteiger partial charge in [0.25, 0.3) is 0 Å². The van der Waals surface area contributed by atoms with E-state index in [9.17, 15) is 9.59 Å². The zero-order valence-electron chi connectivity index (χ0n) is 14.3. The van der Waals surface area contributed by atoms with Crippen LogP contribution >= 0.6 is 22.7 Å². The highest BCUT2D eigenvalue weighted by molar-refractivity contribution is 7.18. The van der Waals surface area contributed by atoms with Gasteiger partial charge in [-0.25, -0.2) is 14.8 Å². The molecular formula is C19H17N3O3S2. The highest BCUT2D eigenvalue weighted by Gasteiger charge is 2.32. The van der Waals surface area contributed by atoms with Crippen molar-refractivity contribution in [2.45, 2.75) is 25.3 Å². The van der Waals surface area contributed by atoms with Crippen LogP contribution in [0.4, 0.5) is 0 Å². The molecule has 0 saturated heterocycles. The Hall–Kier alpha value is -2.58. The highest BCUT2D eigenvalue weighted by Crippen LogP contribution is 2.38. The Morgan fingerprint density at radius 2 is 2.00 bits per heavy atom. The average molecular weight is 399 g/mol. The van der Waals surface area contributed by atoms with Gasteiger partial charge in [-0.1, -0.05) is 24.3 Å². The van der Waals surface area contributed by atoms with Crippen molar-refractivity contribution >= 4 is 44.8 Å². The van der Waals surface area contributed by atoms with Gasteiger partial charge < -0.3 is 10.4 Å². The predicted molar refractivity (Wildman–Crippen MR) is 105 cm³/mol. The fraction of sp³-hybridized carbons (Fsp3) is 0.263. The molecule has 138 valence electrons. The van der Waals surface area contributed by atoms with E-state index < -0.39 is 5.97 Å². The molecule has 0 radical (unpaired) electrons. The van der Waals surface area contributed by atoms with Crippen molar-refractivity contribution in [3.8, 4) is 0 Å². The molecule has 1 amide bonds. The molecule has 2 unspecified atom stereocenters. The molecule has 3 aromatic rings. The van der Waals surface area contributed by atoms with Crippen molar-refractivity contribution in [3.05, 3.63) is 57.5 Å². The summed E-state index contributed by atoms with van der Waals surface area (Å²) in [4.78, 5) is 32.5. The number of aromatic carboxylic acids is 1. The summed E-state index contributed by atoms with van der Waals surface area (Å²) in [6.45, 7) is 0.240. The van der Waals surface area contributed by atoms with Crippen LogP contribution in [-0.2, 0) is 11.3 Å². The smallest absolute Gasteiger partial charge is 0.355 e. The molecule has 0 saturated carbocycles. The highest BCUT2D eigenvalue weighted by atomic mass is 32.1. The molecule has 0 bridgehead atoms. The van der Waals surface area contributed by atoms with Crippen molar-refractivity contribution in [1.82, 2.24) is 15.3 Å². The third-order valence-electron chi connectivity index (χ3n) is 4.58. The van der Waals surface area contributed by atoms with Crippen LogP contribution in [0.5, 0.6) is 0 Å². The first-order valence-corrected chi connectivity index (χ1v) is 10.3. The van der Waals surface area contributed by atoms with E-state index in [1.165, 1.54) is 16.7 Å². The standard InChI is InChI=1S/C19H17N3O3S2/c23-17(20-9-16-21-14(10-26-16)19(24)25)11-5-1-2-6-12(11)18-22-13-7-3-4-8-15(13)27-18/h1-4,7-8,10-12H,5-6,9H2,(H,20,23)(H,24,25). The van der Waals surface area contributed by atoms with Crippen molar-refractivity contribution in [2.24, 2.45) is 5.92 Å². The fourth-order valence-corrected chi connectivity index (χ4v) is 5.06. The van der Waals surface area contributed by atoms with Gasteiger partial charge in [0.15, 0.2) is 5.69 Å². The van der Waals surface area contributed by atoms with Crippen LogP contribution < -0.4 is 5.32 Å². The third kappa shape index (κ3) is 3.77. The van der Waals surface area contributed by atoms with Crippen LogP contribution in [0.25, 0.3) is 10.2 Å². The molecule has 0 spiro atoms. The fourth-order valence-electron chi connectivity index (χ4n) is 3.21. The monoisotopic (exact) mass is 399 g/mol. The number of nitrogens with one attached hydrogen (secondary N) is 1. The number of nitrogens with zero attached hydrogens (tertiary/aromatic N) is 2. The molecule has 2 aromatic heterocycles. The SMILES string of the molecule is O=C(O)c1csc(CNC(=O)C2CC=CCC2c2nc3ccccc3s2)n1. The number of aromatic nitrogens is 2. The second-order valence-electron chi connectivity index (χ2n) is 6.33. The Bertz CT molecular complexity index is 991. The molecule has 6 nitrogen and oxygen atoms in total. The Kier molecular flexibility index (Phi) is 5.00. The van der Waals surface area contributed by atoms with Crippen LogP contribution in [0.1, 0.15) is 39.3 Å². The van der Waals surface area contributed by atoms with Gasteiger partial charge in [-0.3, -0.25) is 4.79 Å². The van der Waals surface area contributed by atoms with E-state index in [0.717, 1.165) is 21.6 Å². The molecule has 8 heteroatoms. The topological polar surface area (TPSA) is 92.2 Å². The first kappa shape index (κ1) is 17.8. The summed E-state index contributed by atoms with van der Waals surface area (Å²) in [7, 11) is 0. The summed E-state index contributed by atoms with van der Waals surface area (Å²) in [6.07, 6.45) is 5.61. The van der Waals surface area contributed by atoms with Crippen molar-refractivity contribution in [2.75, 3.05) is 0 Å². The van der Waals surface area contributed by atoms with Crippen molar-refractivity contribution in [3.63, 3.8) is 0 Å². The molecule has 0 aliphatic heterocycles. The first-order chi connectivity index (χ1) is 13.1. The lowest BCUT2D eigenvalue weighted by atomic mass is 9.82. The zero-order chi connectivity index (χ0) is 18.8. The van der Waals surface area contributed by atoms with Gasteiger partial charge in [-0.15, -0.1) is 22.7 Å². The number of para-hydroxylation sites is 1. The van der Waals surface area contributed by atoms with Crippen LogP contribution in [0.15, 0.2) is 41.8 Å². The number of carbonyl (C=O) groups excluding carboxylic acids is 1. The number of carboxylic acid groups (broad SMARTS) is 1. The molecule has 1 aliphatic carbocycles. The second-order valence-corrected chi connectivity index (χ2v) is 8.33. The summed E-state index contributed by atoms with van der Waals surface area (Å²) in [6, 6.07) is 8.00. The van der Waals surface area contributed by atoms with E-state index in [0.29, 0.717) is 11.4 Å². The number of rotatable bonds is 5. The maximum absolute atomic E-state index is 12.8. The number of carboxylic acids is 1. The van der Waals surface area contributed by atoms with Gasteiger partial charge in [0.05, 0.1) is 27.7 Å². The zero-order valence-corrected chi connectivity index (χ0v) is 15.9. The van der Waals surface area contributed by atoms with Gasteiger partial charge in [0.1, 0.15) is 5.01 Å². The number of benzene rings is 1. The summed E-state index contributed by atoms with van der Waals surface area (Å²) in [5.74, 6) is -1.24. The van der Waals surface area contributed by atoms with E-state index in [1.807, 2.05) is 30.3 Å². The quantitative estimate of drug-likeness (QED) is 0.637. The normalized spacial score (nSPS) is 19.3. The van der Waals surface area contributed by atoms with Crippen LogP contribution in [0.2, 0.25) is 0 Å². The Labute approximate surface area is 163 Å². The number of carbonyl (C=O) groups is 2. The van der Waals surface area contributed by atoms with E-state index in [4.69, 9.17) is 10.1 Å². The van der Waals surface area contributed by atoms with Crippen LogP contribution in [-0.4, -0.2) is 27.0 Å². The minimum absolute atomic E-state index is 0.0113. The van der Waals surface area contributed by atoms with Gasteiger partial charge in [0.2, 0.25) is 5.91 Å². The molecule has 2 atom stereocenters. The van der Waals surface area contributed by atoms with Gasteiger partial charge in [-0.2, -0.15) is 0 Å².